The molecule has 2 amide bonds. The number of methoxy groups -OCH3 is 1. The van der Waals surface area contributed by atoms with Crippen LogP contribution in [-0.2, 0) is 11.3 Å². The van der Waals surface area contributed by atoms with Gasteiger partial charge in [-0.05, 0) is 42.3 Å². The standard InChI is InChI=1S/C21H24N2O4S/c1-3-4-9-27-17-7-5-14(10-18(17)26-2)12-22-21(25)15-6-8-19-16(11-15)23-20(24)13-28-19/h5-8,10-11H,3-4,9,12-13H2,1-2H3,(H,22,25)(H,23,24). The second kappa shape index (κ2) is 9.50. The number of anilines is 1. The maximum atomic E-state index is 12.5. The van der Waals surface area contributed by atoms with E-state index in [4.69, 9.17) is 9.47 Å². The highest BCUT2D eigenvalue weighted by atomic mass is 32.2. The van der Waals surface area contributed by atoms with Gasteiger partial charge in [0.2, 0.25) is 5.91 Å². The fourth-order valence-electron chi connectivity index (χ4n) is 2.78. The molecule has 0 aromatic heterocycles. The van der Waals surface area contributed by atoms with Crippen LogP contribution in [0.3, 0.4) is 0 Å². The van der Waals surface area contributed by atoms with Crippen LogP contribution in [0.25, 0.3) is 0 Å². The first kappa shape index (κ1) is 20.1. The summed E-state index contributed by atoms with van der Waals surface area (Å²) in [5.41, 5.74) is 2.10. The number of thioether (sulfide) groups is 1. The van der Waals surface area contributed by atoms with Gasteiger partial charge in [-0.1, -0.05) is 19.4 Å². The maximum absolute atomic E-state index is 12.5. The number of carbonyl (C=O) groups excluding carboxylic acids is 2. The third-order valence-corrected chi connectivity index (χ3v) is 5.38. The van der Waals surface area contributed by atoms with Crippen molar-refractivity contribution in [3.05, 3.63) is 47.5 Å². The normalized spacial score (nSPS) is 12.7. The van der Waals surface area contributed by atoms with E-state index in [1.807, 2.05) is 24.3 Å². The average molecular weight is 401 g/mol. The Labute approximate surface area is 169 Å². The van der Waals surface area contributed by atoms with Crippen LogP contribution in [0.4, 0.5) is 5.69 Å². The van der Waals surface area contributed by atoms with Gasteiger partial charge in [0, 0.05) is 17.0 Å². The summed E-state index contributed by atoms with van der Waals surface area (Å²) < 4.78 is 11.1. The predicted molar refractivity (Wildman–Crippen MR) is 110 cm³/mol. The number of unbranched alkanes of at least 4 members (excludes halogenated alkanes) is 1. The number of hydrogen-bond donors (Lipinski definition) is 2. The van der Waals surface area contributed by atoms with E-state index in [-0.39, 0.29) is 11.8 Å². The highest BCUT2D eigenvalue weighted by Gasteiger charge is 2.17. The molecule has 1 aliphatic rings. The van der Waals surface area contributed by atoms with E-state index >= 15 is 0 Å². The molecule has 0 atom stereocenters. The van der Waals surface area contributed by atoms with Crippen LogP contribution >= 0.6 is 11.8 Å². The minimum atomic E-state index is -0.199. The molecule has 0 fully saturated rings. The number of benzene rings is 2. The molecule has 3 rings (SSSR count). The fourth-order valence-corrected chi connectivity index (χ4v) is 3.56. The highest BCUT2D eigenvalue weighted by molar-refractivity contribution is 8.00. The van der Waals surface area contributed by atoms with E-state index in [2.05, 4.69) is 17.6 Å². The molecule has 148 valence electrons. The number of ether oxygens (including phenoxy) is 2. The van der Waals surface area contributed by atoms with Crippen LogP contribution in [-0.4, -0.2) is 31.3 Å². The van der Waals surface area contributed by atoms with Crippen molar-refractivity contribution in [2.75, 3.05) is 24.8 Å². The minimum Gasteiger partial charge on any atom is -0.493 e. The van der Waals surface area contributed by atoms with Crippen molar-refractivity contribution in [3.63, 3.8) is 0 Å². The maximum Gasteiger partial charge on any atom is 0.251 e. The molecule has 6 nitrogen and oxygen atoms in total. The first-order valence-electron chi connectivity index (χ1n) is 9.25. The van der Waals surface area contributed by atoms with Crippen molar-refractivity contribution in [1.82, 2.24) is 5.32 Å². The van der Waals surface area contributed by atoms with Gasteiger partial charge in [-0.25, -0.2) is 0 Å². The summed E-state index contributed by atoms with van der Waals surface area (Å²) in [5, 5.41) is 5.70. The molecule has 1 heterocycles. The summed E-state index contributed by atoms with van der Waals surface area (Å²) in [6.45, 7) is 3.13. The number of hydrogen-bond acceptors (Lipinski definition) is 5. The van der Waals surface area contributed by atoms with E-state index in [1.54, 1.807) is 19.2 Å². The molecule has 0 saturated carbocycles. The Morgan fingerprint density at radius 3 is 2.86 bits per heavy atom. The van der Waals surface area contributed by atoms with Gasteiger partial charge in [-0.3, -0.25) is 9.59 Å². The van der Waals surface area contributed by atoms with E-state index in [0.29, 0.717) is 41.7 Å². The first-order chi connectivity index (χ1) is 13.6. The zero-order valence-electron chi connectivity index (χ0n) is 16.0. The van der Waals surface area contributed by atoms with Gasteiger partial charge in [-0.2, -0.15) is 0 Å². The third-order valence-electron chi connectivity index (χ3n) is 4.31. The summed E-state index contributed by atoms with van der Waals surface area (Å²) in [4.78, 5) is 25.0. The Morgan fingerprint density at radius 2 is 2.07 bits per heavy atom. The van der Waals surface area contributed by atoms with Gasteiger partial charge in [0.05, 0.1) is 25.2 Å². The largest absolute Gasteiger partial charge is 0.493 e. The third kappa shape index (κ3) is 4.98. The zero-order valence-corrected chi connectivity index (χ0v) is 16.9. The molecule has 1 aliphatic heterocycles. The van der Waals surface area contributed by atoms with Gasteiger partial charge in [0.1, 0.15) is 0 Å². The van der Waals surface area contributed by atoms with Crippen LogP contribution in [0.5, 0.6) is 11.5 Å². The molecule has 0 radical (unpaired) electrons. The summed E-state index contributed by atoms with van der Waals surface area (Å²) in [7, 11) is 1.60. The van der Waals surface area contributed by atoms with Crippen molar-refractivity contribution < 1.29 is 19.1 Å². The lowest BCUT2D eigenvalue weighted by Crippen LogP contribution is -2.24. The summed E-state index contributed by atoms with van der Waals surface area (Å²) in [5.74, 6) is 1.50. The Bertz CT molecular complexity index is 869. The number of rotatable bonds is 8. The summed E-state index contributed by atoms with van der Waals surface area (Å²) in [6, 6.07) is 11.0. The molecule has 0 spiro atoms. The Kier molecular flexibility index (Phi) is 6.81. The van der Waals surface area contributed by atoms with Crippen LogP contribution < -0.4 is 20.1 Å². The molecule has 2 aromatic rings. The van der Waals surface area contributed by atoms with E-state index in [9.17, 15) is 9.59 Å². The quantitative estimate of drug-likeness (QED) is 0.658. The van der Waals surface area contributed by atoms with Crippen molar-refractivity contribution >= 4 is 29.3 Å². The monoisotopic (exact) mass is 400 g/mol. The van der Waals surface area contributed by atoms with Crippen molar-refractivity contribution in [2.24, 2.45) is 0 Å². The molecule has 7 heteroatoms. The van der Waals surface area contributed by atoms with Crippen LogP contribution in [0.2, 0.25) is 0 Å². The fraction of sp³-hybridized carbons (Fsp3) is 0.333. The lowest BCUT2D eigenvalue weighted by atomic mass is 10.1. The molecule has 0 saturated heterocycles. The van der Waals surface area contributed by atoms with E-state index in [1.165, 1.54) is 11.8 Å². The molecular formula is C21H24N2O4S. The summed E-state index contributed by atoms with van der Waals surface area (Å²) in [6.07, 6.45) is 2.05. The van der Waals surface area contributed by atoms with Gasteiger partial charge in [0.25, 0.3) is 5.91 Å². The second-order valence-electron chi connectivity index (χ2n) is 6.42. The Morgan fingerprint density at radius 1 is 1.21 bits per heavy atom. The number of carbonyl (C=O) groups is 2. The molecule has 0 unspecified atom stereocenters. The Balaban J connectivity index is 1.63. The second-order valence-corrected chi connectivity index (χ2v) is 7.43. The minimum absolute atomic E-state index is 0.0524. The smallest absolute Gasteiger partial charge is 0.251 e. The average Bonchev–Trinajstić information content (AvgIpc) is 2.72. The van der Waals surface area contributed by atoms with E-state index < -0.39 is 0 Å². The van der Waals surface area contributed by atoms with Crippen LogP contribution in [0.15, 0.2) is 41.3 Å². The lowest BCUT2D eigenvalue weighted by Gasteiger charge is -2.17. The number of nitrogens with one attached hydrogen (secondary N) is 2. The molecule has 28 heavy (non-hydrogen) atoms. The molecule has 0 aliphatic carbocycles. The molecule has 2 N–H and O–H groups in total. The zero-order chi connectivity index (χ0) is 19.9. The van der Waals surface area contributed by atoms with Crippen molar-refractivity contribution in [1.29, 1.82) is 0 Å². The predicted octanol–water partition coefficient (Wildman–Crippen LogP) is 3.85. The SMILES string of the molecule is CCCCOc1ccc(CNC(=O)c2ccc3c(c2)NC(=O)CS3)cc1OC. The van der Waals surface area contributed by atoms with Gasteiger partial charge < -0.3 is 20.1 Å². The molecular weight excluding hydrogens is 376 g/mol. The Hall–Kier alpha value is -2.67. The lowest BCUT2D eigenvalue weighted by molar-refractivity contribution is -0.113. The van der Waals surface area contributed by atoms with E-state index in [0.717, 1.165) is 23.3 Å². The van der Waals surface area contributed by atoms with Crippen molar-refractivity contribution in [2.45, 2.75) is 31.2 Å². The molecule has 0 bridgehead atoms. The number of amides is 2. The highest BCUT2D eigenvalue weighted by Crippen LogP contribution is 2.32. The summed E-state index contributed by atoms with van der Waals surface area (Å²) >= 11 is 1.47. The first-order valence-corrected chi connectivity index (χ1v) is 10.2. The van der Waals surface area contributed by atoms with Gasteiger partial charge in [0.15, 0.2) is 11.5 Å². The van der Waals surface area contributed by atoms with Crippen molar-refractivity contribution in [3.8, 4) is 11.5 Å². The topological polar surface area (TPSA) is 76.7 Å². The molecule has 2 aromatic carbocycles. The van der Waals surface area contributed by atoms with Gasteiger partial charge in [-0.15, -0.1) is 11.8 Å². The number of fused-ring (bicyclic) bond motifs is 1. The van der Waals surface area contributed by atoms with Crippen LogP contribution in [0.1, 0.15) is 35.7 Å². The van der Waals surface area contributed by atoms with Gasteiger partial charge >= 0.3 is 0 Å². The van der Waals surface area contributed by atoms with Crippen LogP contribution in [0, 0.1) is 0 Å².